The van der Waals surface area contributed by atoms with E-state index in [9.17, 15) is 14.9 Å². The van der Waals surface area contributed by atoms with E-state index in [0.717, 1.165) is 0 Å². The minimum atomic E-state index is -0.731. The first-order valence-corrected chi connectivity index (χ1v) is 6.40. The van der Waals surface area contributed by atoms with Gasteiger partial charge in [-0.1, -0.05) is 0 Å². The van der Waals surface area contributed by atoms with Crippen LogP contribution in [0.15, 0.2) is 18.2 Å². The molecular formula is C14H21IN2O5. The number of carbonyl (C=O) groups excluding carboxylic acids is 1. The molecule has 0 aliphatic carbocycles. The van der Waals surface area contributed by atoms with Crippen molar-refractivity contribution in [3.8, 4) is 5.75 Å². The first-order valence-electron chi connectivity index (χ1n) is 6.40. The number of nitro benzene ring substituents is 1. The molecule has 124 valence electrons. The first-order chi connectivity index (χ1) is 9.69. The van der Waals surface area contributed by atoms with Gasteiger partial charge in [0.2, 0.25) is 0 Å². The number of ether oxygens (including phenoxy) is 2. The fraction of sp³-hybridized carbons (Fsp3) is 0.500. The predicted molar refractivity (Wildman–Crippen MR) is 77.3 cm³/mol. The van der Waals surface area contributed by atoms with Crippen molar-refractivity contribution in [2.24, 2.45) is 0 Å². The largest absolute Gasteiger partial charge is 1.00 e. The van der Waals surface area contributed by atoms with Gasteiger partial charge in [-0.3, -0.25) is 14.9 Å². The number of benzene rings is 1. The van der Waals surface area contributed by atoms with Crippen LogP contribution in [0.4, 0.5) is 5.69 Å². The Balaban J connectivity index is 0.00000441. The van der Waals surface area contributed by atoms with E-state index in [1.807, 2.05) is 21.1 Å². The molecule has 0 saturated heterocycles. The quantitative estimate of drug-likeness (QED) is 0.184. The number of quaternary nitrogens is 1. The lowest BCUT2D eigenvalue weighted by Crippen LogP contribution is -3.00. The van der Waals surface area contributed by atoms with E-state index in [0.29, 0.717) is 22.3 Å². The molecule has 1 atom stereocenters. The average Bonchev–Trinajstić information content (AvgIpc) is 2.42. The maximum Gasteiger partial charge on any atom is 0.319 e. The van der Waals surface area contributed by atoms with Gasteiger partial charge in [-0.05, 0) is 12.1 Å². The van der Waals surface area contributed by atoms with Gasteiger partial charge in [0.1, 0.15) is 11.7 Å². The molecule has 0 spiro atoms. The number of nitro groups is 1. The Morgan fingerprint density at radius 2 is 1.91 bits per heavy atom. The molecule has 0 bridgehead atoms. The Kier molecular flexibility index (Phi) is 7.74. The van der Waals surface area contributed by atoms with Crippen molar-refractivity contribution in [2.75, 3.05) is 41.9 Å². The highest BCUT2D eigenvalue weighted by Crippen LogP contribution is 2.32. The van der Waals surface area contributed by atoms with E-state index in [4.69, 9.17) is 9.47 Å². The number of nitrogens with zero attached hydrogens (tertiary/aromatic N) is 2. The van der Waals surface area contributed by atoms with Crippen LogP contribution in [0, 0.1) is 10.1 Å². The maximum atomic E-state index is 12.1. The molecule has 22 heavy (non-hydrogen) atoms. The maximum absolute atomic E-state index is 12.1. The highest BCUT2D eigenvalue weighted by Gasteiger charge is 2.33. The van der Waals surface area contributed by atoms with Crippen molar-refractivity contribution >= 4 is 11.7 Å². The molecule has 0 aliphatic heterocycles. The minimum absolute atomic E-state index is 0. The molecule has 1 unspecified atom stereocenters. The zero-order chi connectivity index (χ0) is 16.2. The molecule has 0 N–H and O–H groups in total. The van der Waals surface area contributed by atoms with Crippen LogP contribution in [0.5, 0.6) is 5.75 Å². The lowest BCUT2D eigenvalue weighted by molar-refractivity contribution is -0.871. The third kappa shape index (κ3) is 5.41. The minimum Gasteiger partial charge on any atom is -1.00 e. The first kappa shape index (κ1) is 20.6. The molecule has 0 radical (unpaired) electrons. The fourth-order valence-electron chi connectivity index (χ4n) is 2.09. The van der Waals surface area contributed by atoms with Crippen LogP contribution in [0.3, 0.4) is 0 Å². The monoisotopic (exact) mass is 424 g/mol. The summed E-state index contributed by atoms with van der Waals surface area (Å²) in [6.07, 6.45) is 0. The number of methoxy groups -OCH3 is 2. The van der Waals surface area contributed by atoms with Crippen molar-refractivity contribution in [3.63, 3.8) is 0 Å². The summed E-state index contributed by atoms with van der Waals surface area (Å²) in [5.74, 6) is -0.768. The molecular weight excluding hydrogens is 403 g/mol. The van der Waals surface area contributed by atoms with E-state index >= 15 is 0 Å². The third-order valence-electron chi connectivity index (χ3n) is 3.02. The Bertz CT molecular complexity index is 543. The Morgan fingerprint density at radius 3 is 2.32 bits per heavy atom. The summed E-state index contributed by atoms with van der Waals surface area (Å²) in [7, 11) is 8.46. The van der Waals surface area contributed by atoms with Crippen molar-refractivity contribution in [3.05, 3.63) is 33.9 Å². The summed E-state index contributed by atoms with van der Waals surface area (Å²) in [6, 6.07) is 4.37. The van der Waals surface area contributed by atoms with Crippen LogP contribution in [0.1, 0.15) is 11.5 Å². The number of likely N-dealkylation sites (N-methyl/N-ethyl adjacent to an activating group) is 1. The van der Waals surface area contributed by atoms with Gasteiger partial charge in [0.05, 0.1) is 52.4 Å². The smallest absolute Gasteiger partial charge is 0.319 e. The lowest BCUT2D eigenvalue weighted by Gasteiger charge is -2.28. The Labute approximate surface area is 147 Å². The topological polar surface area (TPSA) is 78.7 Å². The molecule has 0 aliphatic rings. The second kappa shape index (κ2) is 8.28. The predicted octanol–water partition coefficient (Wildman–Crippen LogP) is -1.43. The molecule has 1 aromatic rings. The third-order valence-corrected chi connectivity index (χ3v) is 3.02. The number of halogens is 1. The summed E-state index contributed by atoms with van der Waals surface area (Å²) in [4.78, 5) is 22.8. The van der Waals surface area contributed by atoms with E-state index in [2.05, 4.69) is 0 Å². The van der Waals surface area contributed by atoms with E-state index in [-0.39, 0.29) is 29.7 Å². The van der Waals surface area contributed by atoms with Gasteiger partial charge in [-0.2, -0.15) is 0 Å². The standard InChI is InChI=1S/C14H21N2O5.HI/c1-16(2,3)9-12(14(17)21-5)11-8-10(20-4)6-7-13(11)15(18)19;/h6-8,12H,9H2,1-5H3;1H/q+1;/p-1. The molecule has 0 heterocycles. The van der Waals surface area contributed by atoms with Crippen LogP contribution in [-0.2, 0) is 9.53 Å². The van der Waals surface area contributed by atoms with Gasteiger partial charge >= 0.3 is 5.97 Å². The number of hydrogen-bond acceptors (Lipinski definition) is 5. The number of carbonyl (C=O) groups is 1. The average molecular weight is 424 g/mol. The van der Waals surface area contributed by atoms with E-state index in [1.165, 1.54) is 32.4 Å². The van der Waals surface area contributed by atoms with Crippen molar-refractivity contribution in [1.82, 2.24) is 0 Å². The summed E-state index contributed by atoms with van der Waals surface area (Å²) >= 11 is 0. The van der Waals surface area contributed by atoms with Crippen molar-refractivity contribution < 1.29 is 47.7 Å². The van der Waals surface area contributed by atoms with E-state index in [1.54, 1.807) is 0 Å². The van der Waals surface area contributed by atoms with Gasteiger partial charge in [0, 0.05) is 6.07 Å². The molecule has 8 heteroatoms. The molecule has 0 fully saturated rings. The second-order valence-electron chi connectivity index (χ2n) is 5.73. The van der Waals surface area contributed by atoms with Crippen LogP contribution in [0.25, 0.3) is 0 Å². The highest BCUT2D eigenvalue weighted by molar-refractivity contribution is 5.80. The fourth-order valence-corrected chi connectivity index (χ4v) is 2.09. The summed E-state index contributed by atoms with van der Waals surface area (Å²) in [6.45, 7) is 0.376. The van der Waals surface area contributed by atoms with E-state index < -0.39 is 16.8 Å². The summed E-state index contributed by atoms with van der Waals surface area (Å²) < 4.78 is 10.4. The SMILES string of the molecule is COC(=O)C(C[N+](C)(C)C)c1cc(OC)ccc1[N+](=O)[O-].[I-]. The molecule has 7 nitrogen and oxygen atoms in total. The molecule has 1 aromatic carbocycles. The van der Waals surface area contributed by atoms with Crippen molar-refractivity contribution in [1.29, 1.82) is 0 Å². The zero-order valence-electron chi connectivity index (χ0n) is 13.3. The Morgan fingerprint density at radius 1 is 1.32 bits per heavy atom. The van der Waals surface area contributed by atoms with Crippen LogP contribution >= 0.6 is 0 Å². The summed E-state index contributed by atoms with van der Waals surface area (Å²) in [5.41, 5.74) is 0.193. The number of esters is 1. The van der Waals surface area contributed by atoms with Crippen LogP contribution in [0.2, 0.25) is 0 Å². The van der Waals surface area contributed by atoms with Gasteiger partial charge in [-0.25, -0.2) is 0 Å². The molecule has 0 aromatic heterocycles. The zero-order valence-corrected chi connectivity index (χ0v) is 15.5. The van der Waals surface area contributed by atoms with Gasteiger partial charge in [0.15, 0.2) is 0 Å². The van der Waals surface area contributed by atoms with Gasteiger partial charge < -0.3 is 37.9 Å². The second-order valence-corrected chi connectivity index (χ2v) is 5.73. The number of rotatable bonds is 6. The molecule has 0 amide bonds. The lowest BCUT2D eigenvalue weighted by atomic mass is 9.96. The van der Waals surface area contributed by atoms with Crippen LogP contribution in [-0.4, -0.2) is 57.3 Å². The normalized spacial score (nSPS) is 12.0. The van der Waals surface area contributed by atoms with Crippen LogP contribution < -0.4 is 28.7 Å². The Hall–Kier alpha value is -1.42. The number of hydrogen-bond donors (Lipinski definition) is 0. The molecule has 0 saturated carbocycles. The molecule has 1 rings (SSSR count). The highest BCUT2D eigenvalue weighted by atomic mass is 127. The summed E-state index contributed by atoms with van der Waals surface area (Å²) in [5, 5.41) is 11.2. The van der Waals surface area contributed by atoms with Crippen molar-refractivity contribution in [2.45, 2.75) is 5.92 Å². The van der Waals surface area contributed by atoms with Gasteiger partial charge in [0.25, 0.3) is 5.69 Å². The van der Waals surface area contributed by atoms with Gasteiger partial charge in [-0.15, -0.1) is 0 Å².